The molecule has 1 aliphatic rings. The van der Waals surface area contributed by atoms with E-state index < -0.39 is 6.10 Å². The Morgan fingerprint density at radius 2 is 2.18 bits per heavy atom. The van der Waals surface area contributed by atoms with Gasteiger partial charge in [-0.3, -0.25) is 0 Å². The molecule has 1 aromatic rings. The molecule has 2 heteroatoms. The fourth-order valence-electron chi connectivity index (χ4n) is 3.05. The monoisotopic (exact) mass is 234 g/mol. The van der Waals surface area contributed by atoms with Crippen LogP contribution in [0.1, 0.15) is 50.7 Å². The van der Waals surface area contributed by atoms with Crippen molar-refractivity contribution in [1.82, 2.24) is 0 Å². The maximum atomic E-state index is 10.3. The lowest BCUT2D eigenvalue weighted by molar-refractivity contribution is 0.108. The van der Waals surface area contributed by atoms with Gasteiger partial charge in [-0.1, -0.05) is 38.3 Å². The summed E-state index contributed by atoms with van der Waals surface area (Å²) in [4.78, 5) is 0. The van der Waals surface area contributed by atoms with Crippen LogP contribution >= 0.6 is 0 Å². The van der Waals surface area contributed by atoms with Crippen LogP contribution in [0.15, 0.2) is 24.3 Å². The summed E-state index contributed by atoms with van der Waals surface area (Å²) < 4.78 is 0. The van der Waals surface area contributed by atoms with E-state index in [2.05, 4.69) is 6.92 Å². The highest BCUT2D eigenvalue weighted by atomic mass is 16.3. The lowest BCUT2D eigenvalue weighted by atomic mass is 9.92. The third kappa shape index (κ3) is 3.01. The van der Waals surface area contributed by atoms with E-state index in [0.717, 1.165) is 24.3 Å². The highest BCUT2D eigenvalue weighted by Crippen LogP contribution is 2.41. The minimum Gasteiger partial charge on any atom is -0.508 e. The number of benzene rings is 1. The fraction of sp³-hybridized carbons (Fsp3) is 0.600. The molecule has 2 N–H and O–H groups in total. The van der Waals surface area contributed by atoms with Gasteiger partial charge in [0.2, 0.25) is 0 Å². The summed E-state index contributed by atoms with van der Waals surface area (Å²) in [5.41, 5.74) is 0.854. The Bertz CT molecular complexity index is 362. The smallest absolute Gasteiger partial charge is 0.115 e. The molecule has 94 valence electrons. The van der Waals surface area contributed by atoms with Gasteiger partial charge < -0.3 is 10.2 Å². The molecule has 0 unspecified atom stereocenters. The number of hydrogen-bond acceptors (Lipinski definition) is 2. The van der Waals surface area contributed by atoms with E-state index in [4.69, 9.17) is 0 Å². The van der Waals surface area contributed by atoms with Crippen LogP contribution in [-0.4, -0.2) is 10.2 Å². The Hall–Kier alpha value is -1.02. The second-order valence-electron chi connectivity index (χ2n) is 5.27. The molecule has 0 radical (unpaired) electrons. The summed E-state index contributed by atoms with van der Waals surface area (Å²) >= 11 is 0. The zero-order valence-electron chi connectivity index (χ0n) is 10.5. The predicted molar refractivity (Wildman–Crippen MR) is 68.8 cm³/mol. The van der Waals surface area contributed by atoms with E-state index >= 15 is 0 Å². The van der Waals surface area contributed by atoms with Crippen LogP contribution in [0.3, 0.4) is 0 Å². The van der Waals surface area contributed by atoms with E-state index in [9.17, 15) is 10.2 Å². The van der Waals surface area contributed by atoms with Crippen molar-refractivity contribution in [3.63, 3.8) is 0 Å². The molecule has 2 nitrogen and oxygen atoms in total. The number of aliphatic hydroxyl groups is 1. The van der Waals surface area contributed by atoms with Gasteiger partial charge in [0.15, 0.2) is 0 Å². The summed E-state index contributed by atoms with van der Waals surface area (Å²) in [6.07, 6.45) is 5.59. The minimum absolute atomic E-state index is 0.240. The molecule has 17 heavy (non-hydrogen) atoms. The van der Waals surface area contributed by atoms with Crippen LogP contribution in [0.25, 0.3) is 0 Å². The van der Waals surface area contributed by atoms with Crippen molar-refractivity contribution in [3.8, 4) is 5.75 Å². The Kier molecular flexibility index (Phi) is 4.06. The molecular weight excluding hydrogens is 212 g/mol. The van der Waals surface area contributed by atoms with E-state index in [1.54, 1.807) is 18.2 Å². The number of hydrogen-bond donors (Lipinski definition) is 2. The van der Waals surface area contributed by atoms with Gasteiger partial charge in [-0.05, 0) is 42.4 Å². The molecule has 1 fully saturated rings. The number of phenolic OH excluding ortho intramolecular Hbond substituents is 1. The first kappa shape index (κ1) is 12.4. The quantitative estimate of drug-likeness (QED) is 0.835. The second kappa shape index (κ2) is 5.54. The standard InChI is InChI=1S/C15H22O2/c1-2-4-11-7-8-13(9-11)15(17)12-5-3-6-14(16)10-12/h3,5-6,10-11,13,15-17H,2,4,7-9H2,1H3/t11-,13+,15-/m1/s1. The Balaban J connectivity index is 1.99. The van der Waals surface area contributed by atoms with Crippen LogP contribution in [0.5, 0.6) is 5.75 Å². The molecule has 3 atom stereocenters. The highest BCUT2D eigenvalue weighted by molar-refractivity contribution is 5.29. The molecule has 0 amide bonds. The number of phenols is 1. The van der Waals surface area contributed by atoms with Crippen LogP contribution < -0.4 is 0 Å². The molecule has 1 saturated carbocycles. The Labute approximate surface area is 103 Å². The lowest BCUT2D eigenvalue weighted by Gasteiger charge is -2.19. The van der Waals surface area contributed by atoms with E-state index in [-0.39, 0.29) is 5.75 Å². The lowest BCUT2D eigenvalue weighted by Crippen LogP contribution is -2.09. The SMILES string of the molecule is CCC[C@@H]1CC[C@H]([C@H](O)c2cccc(O)c2)C1. The van der Waals surface area contributed by atoms with Gasteiger partial charge in [-0.15, -0.1) is 0 Å². The maximum Gasteiger partial charge on any atom is 0.115 e. The average Bonchev–Trinajstić information content (AvgIpc) is 2.77. The number of aromatic hydroxyl groups is 1. The molecule has 0 heterocycles. The highest BCUT2D eigenvalue weighted by Gasteiger charge is 2.30. The van der Waals surface area contributed by atoms with Crippen molar-refractivity contribution in [3.05, 3.63) is 29.8 Å². The van der Waals surface area contributed by atoms with Crippen LogP contribution in [0, 0.1) is 11.8 Å². The molecule has 0 aliphatic heterocycles. The third-order valence-electron chi connectivity index (χ3n) is 3.94. The molecule has 0 bridgehead atoms. The largest absolute Gasteiger partial charge is 0.508 e. The minimum atomic E-state index is -0.413. The maximum absolute atomic E-state index is 10.3. The Morgan fingerprint density at radius 1 is 1.35 bits per heavy atom. The summed E-state index contributed by atoms with van der Waals surface area (Å²) in [5, 5.41) is 19.7. The van der Waals surface area contributed by atoms with Gasteiger partial charge in [0, 0.05) is 0 Å². The molecule has 0 saturated heterocycles. The van der Waals surface area contributed by atoms with Crippen molar-refractivity contribution in [2.45, 2.75) is 45.1 Å². The molecular formula is C15H22O2. The summed E-state index contributed by atoms with van der Waals surface area (Å²) in [6.45, 7) is 2.22. The molecule has 1 aromatic carbocycles. The van der Waals surface area contributed by atoms with Gasteiger partial charge in [0.1, 0.15) is 5.75 Å². The van der Waals surface area contributed by atoms with Crippen LogP contribution in [0.4, 0.5) is 0 Å². The molecule has 2 rings (SSSR count). The van der Waals surface area contributed by atoms with Crippen molar-refractivity contribution in [2.24, 2.45) is 11.8 Å². The summed E-state index contributed by atoms with van der Waals surface area (Å²) in [5.74, 6) is 1.40. The van der Waals surface area contributed by atoms with Crippen molar-refractivity contribution in [2.75, 3.05) is 0 Å². The topological polar surface area (TPSA) is 40.5 Å². The van der Waals surface area contributed by atoms with Crippen molar-refractivity contribution < 1.29 is 10.2 Å². The zero-order chi connectivity index (χ0) is 12.3. The number of rotatable bonds is 4. The van der Waals surface area contributed by atoms with Crippen LogP contribution in [0.2, 0.25) is 0 Å². The second-order valence-corrected chi connectivity index (χ2v) is 5.27. The van der Waals surface area contributed by atoms with Gasteiger partial charge in [0.05, 0.1) is 6.10 Å². The fourth-order valence-corrected chi connectivity index (χ4v) is 3.05. The third-order valence-corrected chi connectivity index (χ3v) is 3.94. The van der Waals surface area contributed by atoms with Gasteiger partial charge >= 0.3 is 0 Å². The van der Waals surface area contributed by atoms with E-state index in [1.807, 2.05) is 6.07 Å². The average molecular weight is 234 g/mol. The first-order valence-electron chi connectivity index (χ1n) is 6.67. The number of aliphatic hydroxyl groups excluding tert-OH is 1. The van der Waals surface area contributed by atoms with Crippen molar-refractivity contribution in [1.29, 1.82) is 0 Å². The summed E-state index contributed by atoms with van der Waals surface area (Å²) in [6, 6.07) is 7.02. The molecule has 0 spiro atoms. The zero-order valence-corrected chi connectivity index (χ0v) is 10.5. The molecule has 1 aliphatic carbocycles. The van der Waals surface area contributed by atoms with Gasteiger partial charge in [-0.2, -0.15) is 0 Å². The van der Waals surface area contributed by atoms with Crippen LogP contribution in [-0.2, 0) is 0 Å². The molecule has 0 aromatic heterocycles. The first-order chi connectivity index (χ1) is 8.20. The van der Waals surface area contributed by atoms with Gasteiger partial charge in [0.25, 0.3) is 0 Å². The normalized spacial score (nSPS) is 26.0. The van der Waals surface area contributed by atoms with Gasteiger partial charge in [-0.25, -0.2) is 0 Å². The van der Waals surface area contributed by atoms with E-state index in [0.29, 0.717) is 5.92 Å². The Morgan fingerprint density at radius 3 is 2.88 bits per heavy atom. The predicted octanol–water partition coefficient (Wildman–Crippen LogP) is 3.64. The van der Waals surface area contributed by atoms with E-state index in [1.165, 1.54) is 19.3 Å². The summed E-state index contributed by atoms with van der Waals surface area (Å²) in [7, 11) is 0. The van der Waals surface area contributed by atoms with Crippen molar-refractivity contribution >= 4 is 0 Å². The first-order valence-corrected chi connectivity index (χ1v) is 6.67.